The summed E-state index contributed by atoms with van der Waals surface area (Å²) in [5, 5.41) is 2.93. The molecule has 1 saturated heterocycles. The molecule has 33 heavy (non-hydrogen) atoms. The molecule has 0 radical (unpaired) electrons. The van der Waals surface area contributed by atoms with Crippen molar-refractivity contribution in [2.75, 3.05) is 37.4 Å². The van der Waals surface area contributed by atoms with Crippen LogP contribution in [0.5, 0.6) is 0 Å². The molecule has 6 nitrogen and oxygen atoms in total. The van der Waals surface area contributed by atoms with Gasteiger partial charge in [-0.05, 0) is 74.1 Å². The van der Waals surface area contributed by atoms with Crippen LogP contribution in [-0.4, -0.2) is 49.0 Å². The molecule has 3 aromatic carbocycles. The second-order valence-electron chi connectivity index (χ2n) is 8.57. The van der Waals surface area contributed by atoms with Crippen LogP contribution < -0.4 is 10.2 Å². The van der Waals surface area contributed by atoms with E-state index < -0.39 is 0 Å². The normalized spacial score (nSPS) is 16.0. The molecule has 2 heterocycles. The number of amides is 1. The first-order chi connectivity index (χ1) is 16.0. The SMILES string of the molecule is CN(C)[C@@H]1CCN(c2nc3cc(NC(=O)c4ccc(-c5ccc(F)cc5)cc4)ccc3o2)C1. The highest BCUT2D eigenvalue weighted by Gasteiger charge is 2.27. The molecule has 0 saturated carbocycles. The fourth-order valence-corrected chi connectivity index (χ4v) is 4.13. The van der Waals surface area contributed by atoms with Crippen LogP contribution in [0.3, 0.4) is 0 Å². The number of hydrogen-bond donors (Lipinski definition) is 1. The number of anilines is 2. The molecular formula is C26H25FN4O2. The number of nitrogens with one attached hydrogen (secondary N) is 1. The van der Waals surface area contributed by atoms with Gasteiger partial charge in [0.1, 0.15) is 11.3 Å². The van der Waals surface area contributed by atoms with Crippen LogP contribution in [0.15, 0.2) is 71.1 Å². The average Bonchev–Trinajstić information content (AvgIpc) is 3.47. The van der Waals surface area contributed by atoms with E-state index in [0.717, 1.165) is 30.6 Å². The van der Waals surface area contributed by atoms with Crippen molar-refractivity contribution in [2.24, 2.45) is 0 Å². The Bertz CT molecular complexity index is 1280. The molecule has 1 aliphatic heterocycles. The van der Waals surface area contributed by atoms with Crippen LogP contribution >= 0.6 is 0 Å². The molecule has 4 aromatic rings. The molecule has 1 atom stereocenters. The van der Waals surface area contributed by atoms with Gasteiger partial charge in [0.25, 0.3) is 11.9 Å². The second kappa shape index (κ2) is 8.67. The minimum atomic E-state index is -0.274. The van der Waals surface area contributed by atoms with E-state index in [1.54, 1.807) is 24.3 Å². The van der Waals surface area contributed by atoms with E-state index in [-0.39, 0.29) is 11.7 Å². The topological polar surface area (TPSA) is 61.6 Å². The zero-order valence-corrected chi connectivity index (χ0v) is 18.6. The molecule has 7 heteroatoms. The summed E-state index contributed by atoms with van der Waals surface area (Å²) in [6.07, 6.45) is 1.08. The number of rotatable bonds is 5. The van der Waals surface area contributed by atoms with Gasteiger partial charge >= 0.3 is 0 Å². The lowest BCUT2D eigenvalue weighted by atomic mass is 10.0. The van der Waals surface area contributed by atoms with E-state index in [1.807, 2.05) is 30.3 Å². The van der Waals surface area contributed by atoms with Gasteiger partial charge in [-0.1, -0.05) is 24.3 Å². The van der Waals surface area contributed by atoms with Crippen molar-refractivity contribution in [2.45, 2.75) is 12.5 Å². The Labute approximate surface area is 191 Å². The number of fused-ring (bicyclic) bond motifs is 1. The maximum absolute atomic E-state index is 13.1. The predicted molar refractivity (Wildman–Crippen MR) is 128 cm³/mol. The molecule has 0 aliphatic carbocycles. The van der Waals surface area contributed by atoms with Crippen molar-refractivity contribution >= 4 is 28.7 Å². The molecule has 1 aromatic heterocycles. The van der Waals surface area contributed by atoms with Gasteiger partial charge in [-0.3, -0.25) is 4.79 Å². The zero-order valence-electron chi connectivity index (χ0n) is 18.6. The maximum atomic E-state index is 13.1. The van der Waals surface area contributed by atoms with Crippen LogP contribution in [0.4, 0.5) is 16.1 Å². The summed E-state index contributed by atoms with van der Waals surface area (Å²) in [5.41, 5.74) is 4.41. The Morgan fingerprint density at radius 1 is 1.06 bits per heavy atom. The lowest BCUT2D eigenvalue weighted by molar-refractivity contribution is 0.102. The highest BCUT2D eigenvalue weighted by Crippen LogP contribution is 2.28. The lowest BCUT2D eigenvalue weighted by Gasteiger charge is -2.19. The molecule has 1 fully saturated rings. The van der Waals surface area contributed by atoms with Crippen molar-refractivity contribution in [3.63, 3.8) is 0 Å². The molecule has 168 valence electrons. The second-order valence-corrected chi connectivity index (χ2v) is 8.57. The van der Waals surface area contributed by atoms with E-state index in [1.165, 1.54) is 12.1 Å². The van der Waals surface area contributed by atoms with Gasteiger partial charge in [0, 0.05) is 30.4 Å². The highest BCUT2D eigenvalue weighted by atomic mass is 19.1. The lowest BCUT2D eigenvalue weighted by Crippen LogP contribution is -2.31. The number of likely N-dealkylation sites (N-methyl/N-ethyl adjacent to an activating group) is 1. The molecular weight excluding hydrogens is 419 g/mol. The number of hydrogen-bond acceptors (Lipinski definition) is 5. The average molecular weight is 445 g/mol. The molecule has 1 N–H and O–H groups in total. The van der Waals surface area contributed by atoms with Crippen LogP contribution in [0.1, 0.15) is 16.8 Å². The third kappa shape index (κ3) is 4.45. The maximum Gasteiger partial charge on any atom is 0.298 e. The number of carbonyl (C=O) groups is 1. The van der Waals surface area contributed by atoms with Crippen molar-refractivity contribution in [3.8, 4) is 11.1 Å². The minimum Gasteiger partial charge on any atom is -0.423 e. The van der Waals surface area contributed by atoms with Crippen molar-refractivity contribution < 1.29 is 13.6 Å². The van der Waals surface area contributed by atoms with Crippen LogP contribution in [-0.2, 0) is 0 Å². The first-order valence-corrected chi connectivity index (χ1v) is 11.0. The van der Waals surface area contributed by atoms with Crippen molar-refractivity contribution in [1.82, 2.24) is 9.88 Å². The largest absolute Gasteiger partial charge is 0.423 e. The van der Waals surface area contributed by atoms with Gasteiger partial charge < -0.3 is 19.5 Å². The van der Waals surface area contributed by atoms with Gasteiger partial charge in [-0.2, -0.15) is 4.98 Å². The molecule has 5 rings (SSSR count). The van der Waals surface area contributed by atoms with E-state index in [4.69, 9.17) is 4.42 Å². The number of carbonyl (C=O) groups excluding carboxylic acids is 1. The van der Waals surface area contributed by atoms with Crippen molar-refractivity contribution in [1.29, 1.82) is 0 Å². The number of benzene rings is 3. The quantitative estimate of drug-likeness (QED) is 0.468. The third-order valence-electron chi connectivity index (χ3n) is 6.12. The molecule has 0 unspecified atom stereocenters. The van der Waals surface area contributed by atoms with Gasteiger partial charge in [-0.15, -0.1) is 0 Å². The number of oxazole rings is 1. The standard InChI is InChI=1S/C26H25FN4O2/c1-30(2)22-13-14-31(16-22)26-29-23-15-21(11-12-24(23)33-26)28-25(32)19-5-3-17(4-6-19)18-7-9-20(27)10-8-18/h3-12,15,22H,13-14,16H2,1-2H3,(H,28,32)/t22-/m1/s1. The van der Waals surface area contributed by atoms with Crippen LogP contribution in [0, 0.1) is 5.82 Å². The fourth-order valence-electron chi connectivity index (χ4n) is 4.13. The smallest absolute Gasteiger partial charge is 0.298 e. The molecule has 1 amide bonds. The number of nitrogens with zero attached hydrogens (tertiary/aromatic N) is 3. The summed E-state index contributed by atoms with van der Waals surface area (Å²) >= 11 is 0. The molecule has 1 aliphatic rings. The first kappa shape index (κ1) is 21.2. The summed E-state index contributed by atoms with van der Waals surface area (Å²) in [7, 11) is 4.18. The molecule has 0 bridgehead atoms. The summed E-state index contributed by atoms with van der Waals surface area (Å²) in [6, 6.07) is 20.1. The summed E-state index contributed by atoms with van der Waals surface area (Å²) in [6.45, 7) is 1.80. The van der Waals surface area contributed by atoms with Gasteiger partial charge in [0.05, 0.1) is 0 Å². The molecule has 0 spiro atoms. The Kier molecular flexibility index (Phi) is 5.56. The Morgan fingerprint density at radius 3 is 2.42 bits per heavy atom. The summed E-state index contributed by atoms with van der Waals surface area (Å²) < 4.78 is 19.1. The number of halogens is 1. The van der Waals surface area contributed by atoms with E-state index >= 15 is 0 Å². The Balaban J connectivity index is 1.28. The zero-order chi connectivity index (χ0) is 22.9. The van der Waals surface area contributed by atoms with Crippen LogP contribution in [0.2, 0.25) is 0 Å². The fraction of sp³-hybridized carbons (Fsp3) is 0.231. The van der Waals surface area contributed by atoms with E-state index in [0.29, 0.717) is 34.4 Å². The number of aromatic nitrogens is 1. The third-order valence-corrected chi connectivity index (χ3v) is 6.12. The van der Waals surface area contributed by atoms with E-state index in [2.05, 4.69) is 34.2 Å². The Morgan fingerprint density at radius 2 is 1.76 bits per heavy atom. The summed E-state index contributed by atoms with van der Waals surface area (Å²) in [4.78, 5) is 21.8. The van der Waals surface area contributed by atoms with Gasteiger partial charge in [0.2, 0.25) is 0 Å². The van der Waals surface area contributed by atoms with E-state index in [9.17, 15) is 9.18 Å². The van der Waals surface area contributed by atoms with Crippen LogP contribution in [0.25, 0.3) is 22.2 Å². The summed E-state index contributed by atoms with van der Waals surface area (Å²) in [5.74, 6) is -0.485. The monoisotopic (exact) mass is 444 g/mol. The Hall–Kier alpha value is -3.71. The predicted octanol–water partition coefficient (Wildman–Crippen LogP) is 5.03. The minimum absolute atomic E-state index is 0.211. The van der Waals surface area contributed by atoms with Gasteiger partial charge in [-0.25, -0.2) is 4.39 Å². The van der Waals surface area contributed by atoms with Crippen molar-refractivity contribution in [3.05, 3.63) is 78.1 Å². The first-order valence-electron chi connectivity index (χ1n) is 11.0. The van der Waals surface area contributed by atoms with Gasteiger partial charge in [0.15, 0.2) is 5.58 Å². The highest BCUT2D eigenvalue weighted by molar-refractivity contribution is 6.05.